The first-order chi connectivity index (χ1) is 10.6. The molecule has 1 aromatic carbocycles. The van der Waals surface area contributed by atoms with Crippen molar-refractivity contribution in [2.24, 2.45) is 0 Å². The van der Waals surface area contributed by atoms with Gasteiger partial charge in [0.2, 0.25) is 0 Å². The molecule has 1 aliphatic rings. The second-order valence-electron chi connectivity index (χ2n) is 5.82. The largest absolute Gasteiger partial charge is 0.395 e. The van der Waals surface area contributed by atoms with Crippen LogP contribution in [-0.2, 0) is 0 Å². The molecule has 0 aromatic heterocycles. The summed E-state index contributed by atoms with van der Waals surface area (Å²) in [4.78, 5) is 16.2. The fourth-order valence-corrected chi connectivity index (χ4v) is 3.05. The van der Waals surface area contributed by atoms with E-state index < -0.39 is 0 Å². The number of hydrogen-bond donors (Lipinski definition) is 1. The van der Waals surface area contributed by atoms with Crippen molar-refractivity contribution in [3.63, 3.8) is 0 Å². The fraction of sp³-hybridized carbons (Fsp3) is 0.529. The number of hydrogen-bond acceptors (Lipinski definition) is 5. The highest BCUT2D eigenvalue weighted by Crippen LogP contribution is 2.27. The summed E-state index contributed by atoms with van der Waals surface area (Å²) in [6, 6.07) is 7.86. The van der Waals surface area contributed by atoms with Crippen LogP contribution in [0.25, 0.3) is 0 Å². The number of Topliss-reactive ketones (excluding diaryl/α,β-unsaturated/α-hetero) is 1. The predicted octanol–water partition coefficient (Wildman–Crippen LogP) is 1.65. The lowest BCUT2D eigenvalue weighted by molar-refractivity contribution is 0.101. The molecule has 0 amide bonds. The molecule has 118 valence electrons. The van der Waals surface area contributed by atoms with Crippen LogP contribution in [-0.4, -0.2) is 55.1 Å². The van der Waals surface area contributed by atoms with Crippen molar-refractivity contribution < 1.29 is 9.90 Å². The number of anilines is 1. The Bertz CT molecular complexity index is 572. The molecular formula is C17H23N3O2. The van der Waals surface area contributed by atoms with Crippen LogP contribution in [0.3, 0.4) is 0 Å². The molecule has 22 heavy (non-hydrogen) atoms. The standard InChI is InChI=1S/C17H23N3O2/c1-13(22)16-4-3-14(12-18)11-17(16)20-7-5-15(6-8-20)19(2)9-10-21/h3-4,11,15,21H,5-10H2,1-2H3. The summed E-state index contributed by atoms with van der Waals surface area (Å²) in [5.41, 5.74) is 2.13. The molecule has 1 heterocycles. The van der Waals surface area contributed by atoms with Crippen LogP contribution in [0.2, 0.25) is 0 Å². The molecule has 5 nitrogen and oxygen atoms in total. The number of nitriles is 1. The van der Waals surface area contributed by atoms with Crippen LogP contribution in [0.1, 0.15) is 35.7 Å². The molecule has 0 saturated carbocycles. The number of aliphatic hydroxyl groups is 1. The zero-order valence-corrected chi connectivity index (χ0v) is 13.2. The molecule has 1 fully saturated rings. The number of aliphatic hydroxyl groups excluding tert-OH is 1. The maximum Gasteiger partial charge on any atom is 0.161 e. The van der Waals surface area contributed by atoms with E-state index in [-0.39, 0.29) is 12.4 Å². The molecular weight excluding hydrogens is 278 g/mol. The van der Waals surface area contributed by atoms with Gasteiger partial charge in [-0.2, -0.15) is 5.26 Å². The number of carbonyl (C=O) groups excluding carboxylic acids is 1. The Morgan fingerprint density at radius 1 is 1.45 bits per heavy atom. The van der Waals surface area contributed by atoms with Crippen molar-refractivity contribution in [1.82, 2.24) is 4.90 Å². The third-order valence-electron chi connectivity index (χ3n) is 4.39. The fourth-order valence-electron chi connectivity index (χ4n) is 3.05. The summed E-state index contributed by atoms with van der Waals surface area (Å²) in [7, 11) is 2.04. The molecule has 0 unspecified atom stereocenters. The minimum atomic E-state index is 0.0269. The molecule has 1 aromatic rings. The lowest BCUT2D eigenvalue weighted by Crippen LogP contribution is -2.44. The maximum atomic E-state index is 11.8. The molecule has 0 bridgehead atoms. The Morgan fingerprint density at radius 2 is 2.14 bits per heavy atom. The van der Waals surface area contributed by atoms with E-state index >= 15 is 0 Å². The zero-order chi connectivity index (χ0) is 16.1. The highest BCUT2D eigenvalue weighted by molar-refractivity contribution is 6.00. The van der Waals surface area contributed by atoms with Crippen molar-refractivity contribution in [3.8, 4) is 6.07 Å². The Balaban J connectivity index is 2.14. The van der Waals surface area contributed by atoms with Crippen LogP contribution >= 0.6 is 0 Å². The van der Waals surface area contributed by atoms with Crippen molar-refractivity contribution >= 4 is 11.5 Å². The van der Waals surface area contributed by atoms with Crippen molar-refractivity contribution in [3.05, 3.63) is 29.3 Å². The van der Waals surface area contributed by atoms with Gasteiger partial charge in [0.25, 0.3) is 0 Å². The molecule has 0 atom stereocenters. The quantitative estimate of drug-likeness (QED) is 0.838. The van der Waals surface area contributed by atoms with E-state index in [2.05, 4.69) is 15.9 Å². The van der Waals surface area contributed by atoms with E-state index in [4.69, 9.17) is 10.4 Å². The van der Waals surface area contributed by atoms with E-state index in [1.807, 2.05) is 13.1 Å². The molecule has 1 saturated heterocycles. The predicted molar refractivity (Wildman–Crippen MR) is 86.1 cm³/mol. The molecule has 1 aliphatic heterocycles. The summed E-state index contributed by atoms with van der Waals surface area (Å²) < 4.78 is 0. The maximum absolute atomic E-state index is 11.8. The second-order valence-corrected chi connectivity index (χ2v) is 5.82. The third-order valence-corrected chi connectivity index (χ3v) is 4.39. The average Bonchev–Trinajstić information content (AvgIpc) is 2.54. The van der Waals surface area contributed by atoms with Gasteiger partial charge >= 0.3 is 0 Å². The number of carbonyl (C=O) groups is 1. The SMILES string of the molecule is CC(=O)c1ccc(C#N)cc1N1CCC(N(C)CCO)CC1. The molecule has 0 spiro atoms. The Hall–Kier alpha value is -1.90. The van der Waals surface area contributed by atoms with Gasteiger partial charge in [-0.1, -0.05) is 0 Å². The monoisotopic (exact) mass is 301 g/mol. The van der Waals surface area contributed by atoms with Gasteiger partial charge < -0.3 is 14.9 Å². The molecule has 0 radical (unpaired) electrons. The van der Waals surface area contributed by atoms with E-state index in [9.17, 15) is 4.79 Å². The van der Waals surface area contributed by atoms with Crippen LogP contribution in [0.5, 0.6) is 0 Å². The smallest absolute Gasteiger partial charge is 0.161 e. The molecule has 2 rings (SSSR count). The number of ketones is 1. The summed E-state index contributed by atoms with van der Waals surface area (Å²) in [5.74, 6) is 0.0269. The van der Waals surface area contributed by atoms with E-state index in [1.165, 1.54) is 0 Å². The Kier molecular flexibility index (Phi) is 5.53. The van der Waals surface area contributed by atoms with Crippen molar-refractivity contribution in [2.45, 2.75) is 25.8 Å². The van der Waals surface area contributed by atoms with Crippen LogP contribution in [0.4, 0.5) is 5.69 Å². The van der Waals surface area contributed by atoms with Gasteiger partial charge in [0.05, 0.1) is 18.2 Å². The summed E-state index contributed by atoms with van der Waals surface area (Å²) in [5, 5.41) is 18.1. The van der Waals surface area contributed by atoms with Gasteiger partial charge in [-0.05, 0) is 45.0 Å². The topological polar surface area (TPSA) is 67.6 Å². The van der Waals surface area contributed by atoms with Gasteiger partial charge in [-0.3, -0.25) is 4.79 Å². The second kappa shape index (κ2) is 7.39. The van der Waals surface area contributed by atoms with Gasteiger partial charge in [0.1, 0.15) is 0 Å². The summed E-state index contributed by atoms with van der Waals surface area (Å²) in [6.45, 7) is 4.14. The Morgan fingerprint density at radius 3 is 2.68 bits per heavy atom. The van der Waals surface area contributed by atoms with E-state index in [0.29, 0.717) is 23.7 Å². The van der Waals surface area contributed by atoms with Gasteiger partial charge in [-0.15, -0.1) is 0 Å². The van der Waals surface area contributed by atoms with E-state index in [0.717, 1.165) is 31.6 Å². The highest BCUT2D eigenvalue weighted by atomic mass is 16.3. The third kappa shape index (κ3) is 3.65. The van der Waals surface area contributed by atoms with Crippen LogP contribution < -0.4 is 4.90 Å². The minimum absolute atomic E-state index is 0.0269. The zero-order valence-electron chi connectivity index (χ0n) is 13.2. The summed E-state index contributed by atoms with van der Waals surface area (Å²) in [6.07, 6.45) is 1.98. The highest BCUT2D eigenvalue weighted by Gasteiger charge is 2.24. The normalized spacial score (nSPS) is 15.9. The average molecular weight is 301 g/mol. The van der Waals surface area contributed by atoms with Gasteiger partial charge in [-0.25, -0.2) is 0 Å². The number of nitrogens with zero attached hydrogens (tertiary/aromatic N) is 3. The lowest BCUT2D eigenvalue weighted by atomic mass is 9.99. The Labute approximate surface area is 131 Å². The lowest BCUT2D eigenvalue weighted by Gasteiger charge is -2.38. The summed E-state index contributed by atoms with van der Waals surface area (Å²) >= 11 is 0. The van der Waals surface area contributed by atoms with Crippen molar-refractivity contribution in [1.29, 1.82) is 5.26 Å². The first-order valence-corrected chi connectivity index (χ1v) is 7.68. The molecule has 1 N–H and O–H groups in total. The first kappa shape index (κ1) is 16.5. The number of benzene rings is 1. The molecule has 5 heteroatoms. The van der Waals surface area contributed by atoms with E-state index in [1.54, 1.807) is 19.1 Å². The number of likely N-dealkylation sites (N-methyl/N-ethyl adjacent to an activating group) is 1. The van der Waals surface area contributed by atoms with Crippen LogP contribution in [0.15, 0.2) is 18.2 Å². The number of piperidine rings is 1. The minimum Gasteiger partial charge on any atom is -0.395 e. The first-order valence-electron chi connectivity index (χ1n) is 7.68. The molecule has 0 aliphatic carbocycles. The van der Waals surface area contributed by atoms with Crippen molar-refractivity contribution in [2.75, 3.05) is 38.2 Å². The van der Waals surface area contributed by atoms with Gasteiger partial charge in [0.15, 0.2) is 5.78 Å². The van der Waals surface area contributed by atoms with Gasteiger partial charge in [0, 0.05) is 36.9 Å². The number of rotatable bonds is 5. The van der Waals surface area contributed by atoms with Crippen LogP contribution in [0, 0.1) is 11.3 Å².